The summed E-state index contributed by atoms with van der Waals surface area (Å²) < 4.78 is 0. The number of nitro benzene ring substituents is 1. The van der Waals surface area contributed by atoms with E-state index in [0.717, 1.165) is 6.07 Å². The normalized spacial score (nSPS) is 10.1. The van der Waals surface area contributed by atoms with Crippen molar-refractivity contribution in [1.29, 1.82) is 0 Å². The van der Waals surface area contributed by atoms with Crippen LogP contribution in [0.3, 0.4) is 0 Å². The maximum Gasteiger partial charge on any atom is 0.270 e. The number of nitro groups is 1. The van der Waals surface area contributed by atoms with Gasteiger partial charge in [0.25, 0.3) is 11.6 Å². The number of halogens is 1. The Bertz CT molecular complexity index is 932. The van der Waals surface area contributed by atoms with E-state index in [-0.39, 0.29) is 30.0 Å². The van der Waals surface area contributed by atoms with Crippen LogP contribution in [0.4, 0.5) is 11.4 Å². The molecule has 0 unspecified atom stereocenters. The van der Waals surface area contributed by atoms with Gasteiger partial charge in [-0.3, -0.25) is 35.3 Å². The Morgan fingerprint density at radius 3 is 2.43 bits per heavy atom. The summed E-state index contributed by atoms with van der Waals surface area (Å²) in [5.74, 6) is -1.68. The van der Waals surface area contributed by atoms with Crippen molar-refractivity contribution >= 4 is 40.7 Å². The van der Waals surface area contributed by atoms with Crippen LogP contribution in [0.5, 0.6) is 0 Å². The first-order valence-electron chi connectivity index (χ1n) is 8.16. The third kappa shape index (κ3) is 5.78. The minimum Gasteiger partial charge on any atom is -0.326 e. The molecule has 0 aromatic heterocycles. The molecule has 3 N–H and O–H groups in total. The summed E-state index contributed by atoms with van der Waals surface area (Å²) in [7, 11) is 0. The number of carbonyl (C=O) groups is 3. The van der Waals surface area contributed by atoms with Crippen molar-refractivity contribution in [2.24, 2.45) is 0 Å². The van der Waals surface area contributed by atoms with Crippen LogP contribution < -0.4 is 16.2 Å². The second kappa shape index (κ2) is 9.47. The van der Waals surface area contributed by atoms with Gasteiger partial charge in [0.05, 0.1) is 4.92 Å². The molecule has 0 aliphatic rings. The van der Waals surface area contributed by atoms with E-state index in [4.69, 9.17) is 11.6 Å². The Hall–Kier alpha value is -3.46. The summed E-state index contributed by atoms with van der Waals surface area (Å²) in [5, 5.41) is 13.9. The van der Waals surface area contributed by atoms with Crippen molar-refractivity contribution in [1.82, 2.24) is 10.9 Å². The van der Waals surface area contributed by atoms with Gasteiger partial charge >= 0.3 is 0 Å². The molecule has 0 aliphatic heterocycles. The Kier molecular flexibility index (Phi) is 7.05. The van der Waals surface area contributed by atoms with Gasteiger partial charge in [0.15, 0.2) is 0 Å². The summed E-state index contributed by atoms with van der Waals surface area (Å²) in [5.41, 5.74) is 5.34. The Balaban J connectivity index is 1.80. The predicted octanol–water partition coefficient (Wildman–Crippen LogP) is 2.74. The lowest BCUT2D eigenvalue weighted by atomic mass is 10.2. The summed E-state index contributed by atoms with van der Waals surface area (Å²) >= 11 is 5.98. The zero-order valence-corrected chi connectivity index (χ0v) is 15.6. The fraction of sp³-hybridized carbons (Fsp3) is 0.167. The predicted molar refractivity (Wildman–Crippen MR) is 103 cm³/mol. The van der Waals surface area contributed by atoms with Gasteiger partial charge in [-0.2, -0.15) is 0 Å². The number of nitrogens with zero attached hydrogens (tertiary/aromatic N) is 1. The third-order valence-electron chi connectivity index (χ3n) is 3.76. The largest absolute Gasteiger partial charge is 0.326 e. The monoisotopic (exact) mass is 404 g/mol. The molecule has 0 heterocycles. The lowest BCUT2D eigenvalue weighted by Crippen LogP contribution is -2.41. The molecule has 3 amide bonds. The first-order chi connectivity index (χ1) is 13.3. The highest BCUT2D eigenvalue weighted by molar-refractivity contribution is 6.31. The second-order valence-corrected chi connectivity index (χ2v) is 6.18. The number of non-ortho nitro benzene ring substituents is 1. The number of hydrogen-bond acceptors (Lipinski definition) is 5. The first kappa shape index (κ1) is 20.8. The van der Waals surface area contributed by atoms with Crippen LogP contribution in [0.15, 0.2) is 42.5 Å². The minimum absolute atomic E-state index is 0.0173. The van der Waals surface area contributed by atoms with Crippen LogP contribution in [0, 0.1) is 17.0 Å². The van der Waals surface area contributed by atoms with Crippen LogP contribution in [0.1, 0.15) is 28.8 Å². The van der Waals surface area contributed by atoms with Gasteiger partial charge in [0, 0.05) is 41.2 Å². The number of rotatable bonds is 6. The van der Waals surface area contributed by atoms with Crippen LogP contribution in [-0.4, -0.2) is 22.6 Å². The van der Waals surface area contributed by atoms with E-state index in [2.05, 4.69) is 16.2 Å². The van der Waals surface area contributed by atoms with E-state index in [0.29, 0.717) is 16.3 Å². The van der Waals surface area contributed by atoms with E-state index < -0.39 is 16.7 Å². The molecule has 10 heteroatoms. The molecule has 2 rings (SSSR count). The molecular weight excluding hydrogens is 388 g/mol. The van der Waals surface area contributed by atoms with Crippen LogP contribution in [0.2, 0.25) is 5.02 Å². The topological polar surface area (TPSA) is 130 Å². The van der Waals surface area contributed by atoms with Crippen molar-refractivity contribution in [3.63, 3.8) is 0 Å². The minimum atomic E-state index is -0.712. The molecule has 146 valence electrons. The Labute approximate surface area is 165 Å². The Morgan fingerprint density at radius 2 is 1.71 bits per heavy atom. The summed E-state index contributed by atoms with van der Waals surface area (Å²) in [6.45, 7) is 1.76. The standard InChI is InChI=1S/C18H17ClN4O5/c1-11-14(19)6-3-7-15(11)20-16(24)8-9-17(25)21-22-18(26)12-4-2-5-13(10-12)23(27)28/h2-7,10H,8-9H2,1H3,(H,20,24)(H,21,25)(H,22,26). The van der Waals surface area contributed by atoms with Gasteiger partial charge in [-0.25, -0.2) is 0 Å². The zero-order chi connectivity index (χ0) is 20.7. The number of anilines is 1. The summed E-state index contributed by atoms with van der Waals surface area (Å²) in [4.78, 5) is 45.8. The number of nitrogens with one attached hydrogen (secondary N) is 3. The zero-order valence-electron chi connectivity index (χ0n) is 14.8. The van der Waals surface area contributed by atoms with Crippen molar-refractivity contribution in [3.05, 3.63) is 68.7 Å². The van der Waals surface area contributed by atoms with Gasteiger partial charge in [-0.15, -0.1) is 0 Å². The molecule has 0 radical (unpaired) electrons. The fourth-order valence-electron chi connectivity index (χ4n) is 2.20. The van der Waals surface area contributed by atoms with Crippen molar-refractivity contribution in [3.8, 4) is 0 Å². The molecule has 9 nitrogen and oxygen atoms in total. The third-order valence-corrected chi connectivity index (χ3v) is 4.16. The number of benzene rings is 2. The average molecular weight is 405 g/mol. The molecule has 0 saturated heterocycles. The number of amides is 3. The lowest BCUT2D eigenvalue weighted by Gasteiger charge is -2.10. The SMILES string of the molecule is Cc1c(Cl)cccc1NC(=O)CCC(=O)NNC(=O)c1cccc([N+](=O)[O-])c1. The van der Waals surface area contributed by atoms with Gasteiger partial charge in [0.2, 0.25) is 11.8 Å². The summed E-state index contributed by atoms with van der Waals surface area (Å²) in [6, 6.07) is 10.1. The van der Waals surface area contributed by atoms with E-state index in [1.807, 2.05) is 0 Å². The van der Waals surface area contributed by atoms with Crippen LogP contribution >= 0.6 is 11.6 Å². The van der Waals surface area contributed by atoms with E-state index in [9.17, 15) is 24.5 Å². The van der Waals surface area contributed by atoms with Crippen LogP contribution in [-0.2, 0) is 9.59 Å². The van der Waals surface area contributed by atoms with Crippen molar-refractivity contribution in [2.75, 3.05) is 5.32 Å². The van der Waals surface area contributed by atoms with E-state index in [1.165, 1.54) is 18.2 Å². The molecular formula is C18H17ClN4O5. The van der Waals surface area contributed by atoms with E-state index >= 15 is 0 Å². The maximum absolute atomic E-state index is 12.0. The number of carbonyl (C=O) groups excluding carboxylic acids is 3. The van der Waals surface area contributed by atoms with Crippen LogP contribution in [0.25, 0.3) is 0 Å². The molecule has 0 atom stereocenters. The van der Waals surface area contributed by atoms with Crippen molar-refractivity contribution in [2.45, 2.75) is 19.8 Å². The van der Waals surface area contributed by atoms with Gasteiger partial charge in [-0.1, -0.05) is 23.7 Å². The molecule has 28 heavy (non-hydrogen) atoms. The van der Waals surface area contributed by atoms with E-state index in [1.54, 1.807) is 25.1 Å². The Morgan fingerprint density at radius 1 is 1.04 bits per heavy atom. The molecule has 0 saturated carbocycles. The molecule has 0 bridgehead atoms. The van der Waals surface area contributed by atoms with Gasteiger partial charge in [-0.05, 0) is 30.7 Å². The highest BCUT2D eigenvalue weighted by Gasteiger charge is 2.13. The highest BCUT2D eigenvalue weighted by Crippen LogP contribution is 2.23. The van der Waals surface area contributed by atoms with Gasteiger partial charge in [0.1, 0.15) is 0 Å². The number of hydrazine groups is 1. The highest BCUT2D eigenvalue weighted by atomic mass is 35.5. The molecule has 0 fully saturated rings. The quantitative estimate of drug-likeness (QED) is 0.503. The lowest BCUT2D eigenvalue weighted by molar-refractivity contribution is -0.384. The van der Waals surface area contributed by atoms with Crippen molar-refractivity contribution < 1.29 is 19.3 Å². The smallest absolute Gasteiger partial charge is 0.270 e. The molecule has 0 spiro atoms. The number of hydrogen-bond donors (Lipinski definition) is 3. The molecule has 0 aliphatic carbocycles. The van der Waals surface area contributed by atoms with Gasteiger partial charge < -0.3 is 5.32 Å². The summed E-state index contributed by atoms with van der Waals surface area (Å²) in [6.07, 6.45) is -0.273. The first-order valence-corrected chi connectivity index (χ1v) is 8.54. The fourth-order valence-corrected chi connectivity index (χ4v) is 2.38. The average Bonchev–Trinajstić information content (AvgIpc) is 2.68. The molecule has 2 aromatic rings. The maximum atomic E-state index is 12.0. The second-order valence-electron chi connectivity index (χ2n) is 5.77. The molecule has 2 aromatic carbocycles.